The Morgan fingerprint density at radius 3 is 3.00 bits per heavy atom. The van der Waals surface area contributed by atoms with Crippen LogP contribution < -0.4 is 10.1 Å². The topological polar surface area (TPSA) is 21.3 Å². The van der Waals surface area contributed by atoms with Gasteiger partial charge >= 0.3 is 0 Å². The molecule has 1 aromatic carbocycles. The lowest BCUT2D eigenvalue weighted by Crippen LogP contribution is -2.30. The van der Waals surface area contributed by atoms with Crippen molar-refractivity contribution in [2.75, 3.05) is 19.7 Å². The van der Waals surface area contributed by atoms with Crippen LogP contribution in [0.3, 0.4) is 0 Å². The third-order valence-corrected chi connectivity index (χ3v) is 3.58. The van der Waals surface area contributed by atoms with Crippen LogP contribution >= 0.6 is 24.0 Å². The van der Waals surface area contributed by atoms with E-state index in [-0.39, 0.29) is 12.4 Å². The summed E-state index contributed by atoms with van der Waals surface area (Å²) in [6, 6.07) is 5.90. The van der Waals surface area contributed by atoms with E-state index in [2.05, 4.69) is 5.32 Å². The number of halogens is 2. The molecule has 1 saturated heterocycles. The summed E-state index contributed by atoms with van der Waals surface area (Å²) in [6.07, 6.45) is 3.71. The van der Waals surface area contributed by atoms with Crippen LogP contribution in [-0.2, 0) is 0 Å². The highest BCUT2D eigenvalue weighted by molar-refractivity contribution is 6.32. The summed E-state index contributed by atoms with van der Waals surface area (Å²) in [7, 11) is 0. The Labute approximate surface area is 120 Å². The molecule has 0 aromatic heterocycles. The highest BCUT2D eigenvalue weighted by Crippen LogP contribution is 2.26. The minimum Gasteiger partial charge on any atom is -0.492 e. The second kappa shape index (κ2) is 7.88. The minimum atomic E-state index is 0. The molecule has 1 aliphatic rings. The van der Waals surface area contributed by atoms with E-state index < -0.39 is 0 Å². The van der Waals surface area contributed by atoms with Crippen molar-refractivity contribution in [3.8, 4) is 5.75 Å². The number of hydrogen-bond acceptors (Lipinski definition) is 2. The van der Waals surface area contributed by atoms with E-state index in [4.69, 9.17) is 16.3 Å². The molecule has 2 nitrogen and oxygen atoms in total. The largest absolute Gasteiger partial charge is 0.492 e. The number of aryl methyl sites for hydroxylation is 1. The smallest absolute Gasteiger partial charge is 0.138 e. The zero-order valence-corrected chi connectivity index (χ0v) is 12.3. The monoisotopic (exact) mass is 289 g/mol. The molecule has 0 bridgehead atoms. The van der Waals surface area contributed by atoms with Gasteiger partial charge in [0.25, 0.3) is 0 Å². The molecule has 18 heavy (non-hydrogen) atoms. The van der Waals surface area contributed by atoms with Crippen LogP contribution in [-0.4, -0.2) is 19.7 Å². The number of piperidine rings is 1. The van der Waals surface area contributed by atoms with Crippen molar-refractivity contribution >= 4 is 24.0 Å². The first-order valence-electron chi connectivity index (χ1n) is 6.35. The van der Waals surface area contributed by atoms with E-state index in [1.165, 1.54) is 24.9 Å². The van der Waals surface area contributed by atoms with Gasteiger partial charge < -0.3 is 10.1 Å². The molecule has 1 N–H and O–H groups in total. The average Bonchev–Trinajstić information content (AvgIpc) is 2.35. The van der Waals surface area contributed by atoms with Crippen LogP contribution in [0.4, 0.5) is 0 Å². The van der Waals surface area contributed by atoms with Crippen LogP contribution in [0.2, 0.25) is 5.02 Å². The van der Waals surface area contributed by atoms with Crippen LogP contribution in [0, 0.1) is 12.8 Å². The summed E-state index contributed by atoms with van der Waals surface area (Å²) < 4.78 is 5.76. The lowest BCUT2D eigenvalue weighted by molar-refractivity contribution is 0.254. The number of ether oxygens (including phenoxy) is 1. The maximum Gasteiger partial charge on any atom is 0.138 e. The standard InChI is InChI=1S/C14H20ClNO.ClH/c1-11-4-5-13(15)14(9-11)17-8-6-12-3-2-7-16-10-12;/h4-5,9,12,16H,2-3,6-8,10H2,1H3;1H. The molecule has 0 saturated carbocycles. The first-order valence-corrected chi connectivity index (χ1v) is 6.73. The van der Waals surface area contributed by atoms with Gasteiger partial charge in [0.1, 0.15) is 5.75 Å². The Morgan fingerprint density at radius 1 is 1.44 bits per heavy atom. The second-order valence-corrected chi connectivity index (χ2v) is 5.19. The third kappa shape index (κ3) is 4.68. The van der Waals surface area contributed by atoms with Crippen LogP contribution in [0.25, 0.3) is 0 Å². The molecule has 0 radical (unpaired) electrons. The van der Waals surface area contributed by atoms with Crippen molar-refractivity contribution < 1.29 is 4.74 Å². The average molecular weight is 290 g/mol. The highest BCUT2D eigenvalue weighted by Gasteiger charge is 2.12. The Balaban J connectivity index is 0.00000162. The van der Waals surface area contributed by atoms with E-state index in [9.17, 15) is 0 Å². The molecular formula is C14H21Cl2NO. The zero-order chi connectivity index (χ0) is 12.1. The highest BCUT2D eigenvalue weighted by atomic mass is 35.5. The molecule has 4 heteroatoms. The normalized spacial score (nSPS) is 19.1. The van der Waals surface area contributed by atoms with Gasteiger partial charge in [-0.2, -0.15) is 0 Å². The van der Waals surface area contributed by atoms with Crippen molar-refractivity contribution in [1.82, 2.24) is 5.32 Å². The number of benzene rings is 1. The lowest BCUT2D eigenvalue weighted by atomic mass is 9.97. The summed E-state index contributed by atoms with van der Waals surface area (Å²) in [4.78, 5) is 0. The van der Waals surface area contributed by atoms with E-state index in [0.717, 1.165) is 31.2 Å². The number of nitrogens with one attached hydrogen (secondary N) is 1. The lowest BCUT2D eigenvalue weighted by Gasteiger charge is -2.22. The van der Waals surface area contributed by atoms with E-state index >= 15 is 0 Å². The summed E-state index contributed by atoms with van der Waals surface area (Å²) in [5.74, 6) is 1.57. The van der Waals surface area contributed by atoms with Gasteiger partial charge in [-0.15, -0.1) is 12.4 Å². The summed E-state index contributed by atoms with van der Waals surface area (Å²) in [5, 5.41) is 4.13. The SMILES string of the molecule is Cc1ccc(Cl)c(OCCC2CCCNC2)c1.Cl. The van der Waals surface area contributed by atoms with Crippen molar-refractivity contribution in [3.63, 3.8) is 0 Å². The fourth-order valence-electron chi connectivity index (χ4n) is 2.23. The minimum absolute atomic E-state index is 0. The van der Waals surface area contributed by atoms with Crippen molar-refractivity contribution in [2.45, 2.75) is 26.2 Å². The maximum absolute atomic E-state index is 6.08. The molecule has 1 aliphatic heterocycles. The quantitative estimate of drug-likeness (QED) is 0.909. The van der Waals surface area contributed by atoms with E-state index in [1.54, 1.807) is 0 Å². The molecule has 102 valence electrons. The van der Waals surface area contributed by atoms with Gasteiger partial charge in [-0.25, -0.2) is 0 Å². The van der Waals surface area contributed by atoms with E-state index in [1.807, 2.05) is 25.1 Å². The van der Waals surface area contributed by atoms with E-state index in [0.29, 0.717) is 5.02 Å². The van der Waals surface area contributed by atoms with Gasteiger partial charge in [0.05, 0.1) is 11.6 Å². The Morgan fingerprint density at radius 2 is 2.28 bits per heavy atom. The molecular weight excluding hydrogens is 269 g/mol. The van der Waals surface area contributed by atoms with Gasteiger partial charge in [0, 0.05) is 0 Å². The molecule has 1 unspecified atom stereocenters. The van der Waals surface area contributed by atoms with Gasteiger partial charge in [-0.05, 0) is 62.9 Å². The molecule has 1 aromatic rings. The predicted molar refractivity (Wildman–Crippen MR) is 79.1 cm³/mol. The predicted octanol–water partition coefficient (Wildman–Crippen LogP) is 3.84. The van der Waals surface area contributed by atoms with Gasteiger partial charge in [0.2, 0.25) is 0 Å². The molecule has 0 spiro atoms. The summed E-state index contributed by atoms with van der Waals surface area (Å²) >= 11 is 6.08. The Kier molecular flexibility index (Phi) is 6.83. The zero-order valence-electron chi connectivity index (χ0n) is 10.7. The van der Waals surface area contributed by atoms with Crippen LogP contribution in [0.5, 0.6) is 5.75 Å². The number of hydrogen-bond donors (Lipinski definition) is 1. The molecule has 0 aliphatic carbocycles. The summed E-state index contributed by atoms with van der Waals surface area (Å²) in [6.45, 7) is 5.11. The fraction of sp³-hybridized carbons (Fsp3) is 0.571. The fourth-order valence-corrected chi connectivity index (χ4v) is 2.40. The molecule has 2 rings (SSSR count). The molecule has 1 heterocycles. The Hall–Kier alpha value is -0.440. The van der Waals surface area contributed by atoms with Crippen molar-refractivity contribution in [1.29, 1.82) is 0 Å². The molecule has 1 atom stereocenters. The van der Waals surface area contributed by atoms with Gasteiger partial charge in [0.15, 0.2) is 0 Å². The van der Waals surface area contributed by atoms with Crippen LogP contribution in [0.1, 0.15) is 24.8 Å². The maximum atomic E-state index is 6.08. The van der Waals surface area contributed by atoms with Crippen molar-refractivity contribution in [3.05, 3.63) is 28.8 Å². The molecule has 0 amide bonds. The Bertz CT molecular complexity index is 365. The van der Waals surface area contributed by atoms with Gasteiger partial charge in [-0.3, -0.25) is 0 Å². The first kappa shape index (κ1) is 15.6. The third-order valence-electron chi connectivity index (χ3n) is 3.27. The first-order chi connectivity index (χ1) is 8.25. The molecule has 1 fully saturated rings. The van der Waals surface area contributed by atoms with Crippen LogP contribution in [0.15, 0.2) is 18.2 Å². The second-order valence-electron chi connectivity index (χ2n) is 4.78. The van der Waals surface area contributed by atoms with Crippen molar-refractivity contribution in [2.24, 2.45) is 5.92 Å². The number of rotatable bonds is 4. The van der Waals surface area contributed by atoms with Gasteiger partial charge in [-0.1, -0.05) is 17.7 Å². The summed E-state index contributed by atoms with van der Waals surface area (Å²) in [5.41, 5.74) is 1.18.